The molecule has 2 unspecified atom stereocenters. The number of morpholine rings is 1. The van der Waals surface area contributed by atoms with Crippen LogP contribution in [0.3, 0.4) is 0 Å². The molecule has 0 bridgehead atoms. The summed E-state index contributed by atoms with van der Waals surface area (Å²) in [4.78, 5) is 2.34. The number of halogens is 2. The molecule has 1 aromatic rings. The van der Waals surface area contributed by atoms with E-state index in [9.17, 15) is 0 Å². The van der Waals surface area contributed by atoms with Gasteiger partial charge in [0.2, 0.25) is 0 Å². The van der Waals surface area contributed by atoms with Gasteiger partial charge in [-0.05, 0) is 47.2 Å². The van der Waals surface area contributed by atoms with Crippen LogP contribution in [0.1, 0.15) is 18.5 Å². The number of nitrogens with zero attached hydrogens (tertiary/aromatic N) is 1. The maximum Gasteiger partial charge on any atom is 0.0896 e. The van der Waals surface area contributed by atoms with Crippen LogP contribution in [0.2, 0.25) is 5.02 Å². The van der Waals surface area contributed by atoms with Gasteiger partial charge in [0, 0.05) is 17.6 Å². The molecule has 19 heavy (non-hydrogen) atoms. The van der Waals surface area contributed by atoms with Gasteiger partial charge in [-0.3, -0.25) is 4.90 Å². The Morgan fingerprint density at radius 3 is 3.00 bits per heavy atom. The molecule has 1 N–H and O–H groups in total. The van der Waals surface area contributed by atoms with Crippen LogP contribution in [0.15, 0.2) is 22.7 Å². The smallest absolute Gasteiger partial charge is 0.0896 e. The van der Waals surface area contributed by atoms with E-state index in [1.54, 1.807) is 0 Å². The summed E-state index contributed by atoms with van der Waals surface area (Å²) in [6.45, 7) is 5.66. The summed E-state index contributed by atoms with van der Waals surface area (Å²) in [6.07, 6.45) is 0.163. The Bertz CT molecular complexity index is 430. The fraction of sp³-hybridized carbons (Fsp3) is 0.571. The summed E-state index contributed by atoms with van der Waals surface area (Å²) in [5.41, 5.74) is 1.21. The van der Waals surface area contributed by atoms with Crippen molar-refractivity contribution < 1.29 is 4.74 Å². The van der Waals surface area contributed by atoms with Crippen LogP contribution in [0.25, 0.3) is 0 Å². The predicted molar refractivity (Wildman–Crippen MR) is 82.8 cm³/mol. The number of nitrogens with one attached hydrogen (secondary N) is 1. The highest BCUT2D eigenvalue weighted by atomic mass is 79.9. The second kappa shape index (κ2) is 7.04. The van der Waals surface area contributed by atoms with Gasteiger partial charge in [0.25, 0.3) is 0 Å². The molecule has 5 heteroatoms. The molecule has 1 aromatic carbocycles. The van der Waals surface area contributed by atoms with Crippen molar-refractivity contribution in [2.45, 2.75) is 19.1 Å². The van der Waals surface area contributed by atoms with Gasteiger partial charge in [-0.1, -0.05) is 24.6 Å². The third-order valence-electron chi connectivity index (χ3n) is 3.48. The largest absolute Gasteiger partial charge is 0.374 e. The fourth-order valence-corrected chi connectivity index (χ4v) is 2.92. The Hall–Kier alpha value is -0.130. The second-order valence-corrected chi connectivity index (χ2v) is 6.08. The van der Waals surface area contributed by atoms with Crippen molar-refractivity contribution in [1.82, 2.24) is 10.2 Å². The van der Waals surface area contributed by atoms with E-state index >= 15 is 0 Å². The number of hydrogen-bond donors (Lipinski definition) is 1. The number of rotatable bonds is 4. The van der Waals surface area contributed by atoms with Crippen molar-refractivity contribution in [3.05, 3.63) is 33.3 Å². The van der Waals surface area contributed by atoms with Crippen LogP contribution in [-0.4, -0.2) is 44.3 Å². The van der Waals surface area contributed by atoms with Crippen LogP contribution in [0.4, 0.5) is 0 Å². The summed E-state index contributed by atoms with van der Waals surface area (Å²) >= 11 is 9.65. The molecule has 0 aliphatic carbocycles. The molecule has 106 valence electrons. The highest BCUT2D eigenvalue weighted by Crippen LogP contribution is 2.32. The van der Waals surface area contributed by atoms with Crippen molar-refractivity contribution in [2.24, 2.45) is 0 Å². The van der Waals surface area contributed by atoms with E-state index in [4.69, 9.17) is 16.3 Å². The van der Waals surface area contributed by atoms with E-state index in [0.717, 1.165) is 35.7 Å². The van der Waals surface area contributed by atoms with Crippen LogP contribution < -0.4 is 5.32 Å². The average molecular weight is 348 g/mol. The fourth-order valence-electron chi connectivity index (χ4n) is 2.48. The van der Waals surface area contributed by atoms with Gasteiger partial charge < -0.3 is 10.1 Å². The van der Waals surface area contributed by atoms with E-state index in [0.29, 0.717) is 0 Å². The summed E-state index contributed by atoms with van der Waals surface area (Å²) in [6, 6.07) is 6.40. The first-order valence-corrected chi connectivity index (χ1v) is 7.78. The number of benzene rings is 1. The van der Waals surface area contributed by atoms with E-state index in [2.05, 4.69) is 46.2 Å². The Balaban J connectivity index is 2.22. The summed E-state index contributed by atoms with van der Waals surface area (Å²) in [5.74, 6) is 0. The molecular formula is C14H20BrClN2O. The van der Waals surface area contributed by atoms with Crippen LogP contribution >= 0.6 is 27.5 Å². The zero-order valence-electron chi connectivity index (χ0n) is 11.3. The normalized spacial score (nSPS) is 24.6. The molecular weight excluding hydrogens is 328 g/mol. The molecule has 0 spiro atoms. The number of ether oxygens (including phenoxy) is 1. The van der Waals surface area contributed by atoms with E-state index in [-0.39, 0.29) is 12.1 Å². The lowest BCUT2D eigenvalue weighted by Gasteiger charge is -2.39. The Morgan fingerprint density at radius 1 is 1.53 bits per heavy atom. The lowest BCUT2D eigenvalue weighted by atomic mass is 9.98. The molecule has 1 saturated heterocycles. The van der Waals surface area contributed by atoms with E-state index in [1.165, 1.54) is 5.56 Å². The third-order valence-corrected chi connectivity index (χ3v) is 4.72. The van der Waals surface area contributed by atoms with Crippen molar-refractivity contribution in [3.8, 4) is 0 Å². The van der Waals surface area contributed by atoms with Crippen molar-refractivity contribution in [2.75, 3.05) is 33.3 Å². The van der Waals surface area contributed by atoms with Crippen molar-refractivity contribution in [3.63, 3.8) is 0 Å². The Morgan fingerprint density at radius 2 is 2.32 bits per heavy atom. The minimum Gasteiger partial charge on any atom is -0.374 e. The monoisotopic (exact) mass is 346 g/mol. The first-order chi connectivity index (χ1) is 9.13. The molecule has 0 saturated carbocycles. The molecule has 1 aliphatic heterocycles. The molecule has 0 radical (unpaired) electrons. The topological polar surface area (TPSA) is 24.5 Å². The maximum atomic E-state index is 6.21. The maximum absolute atomic E-state index is 6.21. The lowest BCUT2D eigenvalue weighted by molar-refractivity contribution is -0.0611. The van der Waals surface area contributed by atoms with Crippen molar-refractivity contribution >= 4 is 27.5 Å². The standard InChI is InChI=1S/C14H20BrClN2O/c1-3-17-9-13-14(18(2)6-7-19-13)10-4-5-11(15)12(16)8-10/h4-5,8,13-14,17H,3,6-7,9H2,1-2H3. The van der Waals surface area contributed by atoms with E-state index in [1.807, 2.05) is 12.1 Å². The molecule has 1 heterocycles. The van der Waals surface area contributed by atoms with Gasteiger partial charge in [-0.2, -0.15) is 0 Å². The van der Waals surface area contributed by atoms with Gasteiger partial charge in [-0.15, -0.1) is 0 Å². The minimum absolute atomic E-state index is 0.163. The molecule has 0 amide bonds. The van der Waals surface area contributed by atoms with Gasteiger partial charge in [0.05, 0.1) is 23.8 Å². The second-order valence-electron chi connectivity index (χ2n) is 4.82. The quantitative estimate of drug-likeness (QED) is 0.906. The SMILES string of the molecule is CCNCC1OCCN(C)C1c1ccc(Br)c(Cl)c1. The van der Waals surface area contributed by atoms with Crippen molar-refractivity contribution in [1.29, 1.82) is 0 Å². The van der Waals surface area contributed by atoms with Crippen LogP contribution in [-0.2, 0) is 4.74 Å². The van der Waals surface area contributed by atoms with Gasteiger partial charge in [0.15, 0.2) is 0 Å². The minimum atomic E-state index is 0.163. The van der Waals surface area contributed by atoms with Gasteiger partial charge in [-0.25, -0.2) is 0 Å². The summed E-state index contributed by atoms with van der Waals surface area (Å²) < 4.78 is 6.86. The third kappa shape index (κ3) is 3.70. The molecule has 3 nitrogen and oxygen atoms in total. The number of hydrogen-bond acceptors (Lipinski definition) is 3. The summed E-state index contributed by atoms with van der Waals surface area (Å²) in [7, 11) is 2.14. The van der Waals surface area contributed by atoms with E-state index < -0.39 is 0 Å². The van der Waals surface area contributed by atoms with Crippen LogP contribution in [0.5, 0.6) is 0 Å². The Labute approximate surface area is 128 Å². The molecule has 1 fully saturated rings. The number of likely N-dealkylation sites (N-methyl/N-ethyl adjacent to an activating group) is 2. The zero-order valence-corrected chi connectivity index (χ0v) is 13.7. The Kier molecular flexibility index (Phi) is 5.66. The molecule has 1 aliphatic rings. The summed E-state index contributed by atoms with van der Waals surface area (Å²) in [5, 5.41) is 4.12. The average Bonchev–Trinajstić information content (AvgIpc) is 2.40. The first-order valence-electron chi connectivity index (χ1n) is 6.61. The lowest BCUT2D eigenvalue weighted by Crippen LogP contribution is -2.47. The first kappa shape index (κ1) is 15.3. The predicted octanol–water partition coefficient (Wildman–Crippen LogP) is 3.08. The molecule has 2 atom stereocenters. The van der Waals surface area contributed by atoms with Crippen LogP contribution in [0, 0.1) is 0 Å². The highest BCUT2D eigenvalue weighted by Gasteiger charge is 2.31. The zero-order chi connectivity index (χ0) is 13.8. The van der Waals surface area contributed by atoms with Gasteiger partial charge >= 0.3 is 0 Å². The molecule has 2 rings (SSSR count). The molecule has 0 aromatic heterocycles. The van der Waals surface area contributed by atoms with Gasteiger partial charge in [0.1, 0.15) is 0 Å². The highest BCUT2D eigenvalue weighted by molar-refractivity contribution is 9.10.